The maximum absolute atomic E-state index is 13.2. The average Bonchev–Trinajstić information content (AvgIpc) is 2.87. The first-order valence-electron chi connectivity index (χ1n) is 6.50. The number of hydrogen-bond acceptors (Lipinski definition) is 4. The van der Waals surface area contributed by atoms with Crippen molar-refractivity contribution in [2.75, 3.05) is 6.54 Å². The van der Waals surface area contributed by atoms with Gasteiger partial charge in [-0.2, -0.15) is 4.98 Å². The quantitative estimate of drug-likeness (QED) is 0.814. The van der Waals surface area contributed by atoms with E-state index < -0.39 is 0 Å². The van der Waals surface area contributed by atoms with Gasteiger partial charge in [-0.3, -0.25) is 0 Å². The lowest BCUT2D eigenvalue weighted by Crippen LogP contribution is -1.98. The summed E-state index contributed by atoms with van der Waals surface area (Å²) in [5.74, 6) is 0.903. The number of aryl methyl sites for hydroxylation is 2. The molecular weight excluding hydrogens is 245 g/mol. The summed E-state index contributed by atoms with van der Waals surface area (Å²) in [4.78, 5) is 4.32. The van der Waals surface area contributed by atoms with E-state index in [1.54, 1.807) is 19.1 Å². The van der Waals surface area contributed by atoms with Crippen LogP contribution in [0, 0.1) is 12.7 Å². The van der Waals surface area contributed by atoms with Gasteiger partial charge in [-0.05, 0) is 50.1 Å². The molecule has 2 rings (SSSR count). The number of rotatable bonds is 6. The van der Waals surface area contributed by atoms with Gasteiger partial charge in [0.1, 0.15) is 5.82 Å². The van der Waals surface area contributed by atoms with Gasteiger partial charge in [-0.15, -0.1) is 0 Å². The van der Waals surface area contributed by atoms with Gasteiger partial charge in [-0.1, -0.05) is 11.6 Å². The van der Waals surface area contributed by atoms with Gasteiger partial charge in [-0.25, -0.2) is 4.39 Å². The molecule has 102 valence electrons. The molecule has 2 N–H and O–H groups in total. The standard InChI is InChI=1S/C14H18FN3O/c1-10-9-11(6-7-12(10)15)14-17-13(19-18-14)5-3-2-4-8-16/h6-7,9H,2-5,8,16H2,1H3. The van der Waals surface area contributed by atoms with Gasteiger partial charge < -0.3 is 10.3 Å². The Morgan fingerprint density at radius 2 is 2.11 bits per heavy atom. The van der Waals surface area contributed by atoms with Crippen LogP contribution in [0.3, 0.4) is 0 Å². The van der Waals surface area contributed by atoms with Crippen molar-refractivity contribution >= 4 is 0 Å². The van der Waals surface area contributed by atoms with Crippen molar-refractivity contribution in [3.63, 3.8) is 0 Å². The Morgan fingerprint density at radius 3 is 2.84 bits per heavy atom. The predicted molar refractivity (Wildman–Crippen MR) is 71.0 cm³/mol. The summed E-state index contributed by atoms with van der Waals surface area (Å²) in [5.41, 5.74) is 6.78. The third kappa shape index (κ3) is 3.61. The topological polar surface area (TPSA) is 64.9 Å². The summed E-state index contributed by atoms with van der Waals surface area (Å²) in [7, 11) is 0. The summed E-state index contributed by atoms with van der Waals surface area (Å²) >= 11 is 0. The van der Waals surface area contributed by atoms with Gasteiger partial charge in [0.15, 0.2) is 0 Å². The van der Waals surface area contributed by atoms with Crippen LogP contribution >= 0.6 is 0 Å². The number of nitrogens with two attached hydrogens (primary N) is 1. The van der Waals surface area contributed by atoms with E-state index in [2.05, 4.69) is 10.1 Å². The lowest BCUT2D eigenvalue weighted by Gasteiger charge is -1.98. The highest BCUT2D eigenvalue weighted by Gasteiger charge is 2.09. The molecule has 0 aliphatic rings. The minimum absolute atomic E-state index is 0.228. The Morgan fingerprint density at radius 1 is 1.26 bits per heavy atom. The fraction of sp³-hybridized carbons (Fsp3) is 0.429. The number of unbranched alkanes of at least 4 members (excludes halogenated alkanes) is 2. The molecule has 0 radical (unpaired) electrons. The van der Waals surface area contributed by atoms with Crippen LogP contribution in [-0.4, -0.2) is 16.7 Å². The van der Waals surface area contributed by atoms with Crippen molar-refractivity contribution in [1.29, 1.82) is 0 Å². The van der Waals surface area contributed by atoms with Crippen LogP contribution in [0.4, 0.5) is 4.39 Å². The number of halogens is 1. The number of nitrogens with zero attached hydrogens (tertiary/aromatic N) is 2. The molecule has 0 unspecified atom stereocenters. The predicted octanol–water partition coefficient (Wildman–Crippen LogP) is 2.86. The first kappa shape index (κ1) is 13.7. The SMILES string of the molecule is Cc1cc(-c2noc(CCCCCN)n2)ccc1F. The Bertz CT molecular complexity index is 539. The third-order valence-electron chi connectivity index (χ3n) is 2.98. The maximum atomic E-state index is 13.2. The molecule has 1 aromatic heterocycles. The van der Waals surface area contributed by atoms with Crippen molar-refractivity contribution < 1.29 is 8.91 Å². The normalized spacial score (nSPS) is 10.9. The largest absolute Gasteiger partial charge is 0.339 e. The zero-order chi connectivity index (χ0) is 13.7. The molecule has 2 aromatic rings. The Balaban J connectivity index is 2.01. The number of hydrogen-bond donors (Lipinski definition) is 1. The van der Waals surface area contributed by atoms with Crippen molar-refractivity contribution in [3.05, 3.63) is 35.5 Å². The van der Waals surface area contributed by atoms with Crippen LogP contribution < -0.4 is 5.73 Å². The Labute approximate surface area is 111 Å². The highest BCUT2D eigenvalue weighted by atomic mass is 19.1. The average molecular weight is 263 g/mol. The van der Waals surface area contributed by atoms with Crippen LogP contribution in [0.15, 0.2) is 22.7 Å². The van der Waals surface area contributed by atoms with Gasteiger partial charge in [0.2, 0.25) is 11.7 Å². The van der Waals surface area contributed by atoms with Gasteiger partial charge in [0, 0.05) is 12.0 Å². The van der Waals surface area contributed by atoms with Crippen LogP contribution in [0.25, 0.3) is 11.4 Å². The molecule has 1 aromatic carbocycles. The molecule has 0 fully saturated rings. The zero-order valence-corrected chi connectivity index (χ0v) is 11.0. The van der Waals surface area contributed by atoms with E-state index in [0.717, 1.165) is 31.2 Å². The molecule has 1 heterocycles. The monoisotopic (exact) mass is 263 g/mol. The maximum Gasteiger partial charge on any atom is 0.226 e. The lowest BCUT2D eigenvalue weighted by molar-refractivity contribution is 0.374. The molecule has 0 atom stereocenters. The van der Waals surface area contributed by atoms with E-state index in [-0.39, 0.29) is 5.82 Å². The van der Waals surface area contributed by atoms with E-state index in [0.29, 0.717) is 23.8 Å². The minimum atomic E-state index is -0.228. The molecule has 19 heavy (non-hydrogen) atoms. The molecule has 0 spiro atoms. The second-order valence-corrected chi connectivity index (χ2v) is 4.58. The third-order valence-corrected chi connectivity index (χ3v) is 2.98. The number of benzene rings is 1. The summed E-state index contributed by atoms with van der Waals surface area (Å²) in [5, 5.41) is 3.92. The fourth-order valence-corrected chi connectivity index (χ4v) is 1.85. The first-order chi connectivity index (χ1) is 9.20. The molecular formula is C14H18FN3O. The Hall–Kier alpha value is -1.75. The van der Waals surface area contributed by atoms with Crippen LogP contribution in [0.5, 0.6) is 0 Å². The molecule has 0 saturated carbocycles. The summed E-state index contributed by atoms with van der Waals surface area (Å²) < 4.78 is 18.4. The van der Waals surface area contributed by atoms with Crippen LogP contribution in [0.2, 0.25) is 0 Å². The zero-order valence-electron chi connectivity index (χ0n) is 11.0. The van der Waals surface area contributed by atoms with E-state index in [4.69, 9.17) is 10.3 Å². The van der Waals surface area contributed by atoms with Gasteiger partial charge >= 0.3 is 0 Å². The molecule has 0 aliphatic carbocycles. The van der Waals surface area contributed by atoms with Gasteiger partial charge in [0.05, 0.1) is 0 Å². The van der Waals surface area contributed by atoms with Crippen molar-refractivity contribution in [1.82, 2.24) is 10.1 Å². The van der Waals surface area contributed by atoms with Crippen molar-refractivity contribution in [3.8, 4) is 11.4 Å². The van der Waals surface area contributed by atoms with Crippen molar-refractivity contribution in [2.45, 2.75) is 32.6 Å². The van der Waals surface area contributed by atoms with Crippen LogP contribution in [-0.2, 0) is 6.42 Å². The molecule has 0 aliphatic heterocycles. The molecule has 0 bridgehead atoms. The second kappa shape index (κ2) is 6.43. The highest BCUT2D eigenvalue weighted by Crippen LogP contribution is 2.19. The Kier molecular flexibility index (Phi) is 4.63. The van der Waals surface area contributed by atoms with E-state index >= 15 is 0 Å². The first-order valence-corrected chi connectivity index (χ1v) is 6.50. The van der Waals surface area contributed by atoms with Gasteiger partial charge in [0.25, 0.3) is 0 Å². The fourth-order valence-electron chi connectivity index (χ4n) is 1.85. The highest BCUT2D eigenvalue weighted by molar-refractivity contribution is 5.55. The summed E-state index contributed by atoms with van der Waals surface area (Å²) in [6.45, 7) is 2.43. The van der Waals surface area contributed by atoms with E-state index in [1.807, 2.05) is 0 Å². The van der Waals surface area contributed by atoms with E-state index in [9.17, 15) is 4.39 Å². The second-order valence-electron chi connectivity index (χ2n) is 4.58. The molecule has 0 saturated heterocycles. The summed E-state index contributed by atoms with van der Waals surface area (Å²) in [6.07, 6.45) is 3.82. The van der Waals surface area contributed by atoms with Crippen molar-refractivity contribution in [2.24, 2.45) is 5.73 Å². The lowest BCUT2D eigenvalue weighted by atomic mass is 10.1. The molecule has 5 heteroatoms. The molecule has 0 amide bonds. The minimum Gasteiger partial charge on any atom is -0.339 e. The van der Waals surface area contributed by atoms with Crippen LogP contribution in [0.1, 0.15) is 30.7 Å². The summed E-state index contributed by atoms with van der Waals surface area (Å²) in [6, 6.07) is 4.80. The molecule has 4 nitrogen and oxygen atoms in total. The number of aromatic nitrogens is 2. The van der Waals surface area contributed by atoms with E-state index in [1.165, 1.54) is 6.07 Å². The smallest absolute Gasteiger partial charge is 0.226 e.